The molecule has 122 valence electrons. The Labute approximate surface area is 187 Å². The number of carbonyl (C=O) groups excluding carboxylic acids is 3. The van der Waals surface area contributed by atoms with Gasteiger partial charge in [-0.15, -0.1) is 11.8 Å². The number of carbonyl (C=O) groups is 3. The average molecular weight is 372 g/mol. The molecule has 2 amide bonds. The largest absolute Gasteiger partial charge is 1.00 e. The third-order valence-electron chi connectivity index (χ3n) is 4.19. The molecule has 3 rings (SSSR count). The van der Waals surface area contributed by atoms with E-state index in [4.69, 9.17) is 0 Å². The van der Waals surface area contributed by atoms with Crippen LogP contribution in [-0.4, -0.2) is 44.9 Å². The van der Waals surface area contributed by atoms with Crippen molar-refractivity contribution in [3.8, 4) is 0 Å². The summed E-state index contributed by atoms with van der Waals surface area (Å²) in [5, 5.41) is 13.7. The molecular weight excluding hydrogens is 355 g/mol. The van der Waals surface area contributed by atoms with Crippen molar-refractivity contribution < 1.29 is 70.9 Å². The molecule has 0 radical (unpaired) electrons. The number of nitrogens with one attached hydrogen (secondary N) is 1. The summed E-state index contributed by atoms with van der Waals surface area (Å²) in [7, 11) is 0. The molecule has 0 aliphatic carbocycles. The van der Waals surface area contributed by atoms with Crippen LogP contribution in [0.4, 0.5) is 0 Å². The molecule has 0 spiro atoms. The Hall–Kier alpha value is -0.384. The number of nitrogens with zero attached hydrogens (tertiary/aromatic N) is 1. The first-order valence-electron chi connectivity index (χ1n) is 7.35. The fraction of sp³-hybridized carbons (Fsp3) is 0.438. The molecule has 0 aromatic heterocycles. The average Bonchev–Trinajstić information content (AvgIpc) is 2.74. The van der Waals surface area contributed by atoms with Gasteiger partial charge in [0.1, 0.15) is 11.4 Å². The van der Waals surface area contributed by atoms with Crippen molar-refractivity contribution >= 4 is 29.5 Å². The van der Waals surface area contributed by atoms with E-state index in [2.05, 4.69) is 5.32 Å². The normalized spacial score (nSPS) is 26.8. The summed E-state index contributed by atoms with van der Waals surface area (Å²) in [6, 6.07) is 7.61. The number of amides is 2. The summed E-state index contributed by atoms with van der Waals surface area (Å²) in [5.41, 5.74) is 0.862. The smallest absolute Gasteiger partial charge is 0.548 e. The second-order valence-corrected chi connectivity index (χ2v) is 8.06. The van der Waals surface area contributed by atoms with Crippen molar-refractivity contribution in [1.29, 1.82) is 0 Å². The minimum atomic E-state index is -1.26. The van der Waals surface area contributed by atoms with E-state index in [9.17, 15) is 19.5 Å². The zero-order chi connectivity index (χ0) is 16.8. The Morgan fingerprint density at radius 3 is 2.50 bits per heavy atom. The fourth-order valence-corrected chi connectivity index (χ4v) is 4.75. The number of carboxylic acids is 1. The topological polar surface area (TPSA) is 89.5 Å². The van der Waals surface area contributed by atoms with Gasteiger partial charge in [0, 0.05) is 4.75 Å². The maximum atomic E-state index is 12.2. The van der Waals surface area contributed by atoms with Crippen LogP contribution in [-0.2, 0) is 20.8 Å². The van der Waals surface area contributed by atoms with E-state index in [0.717, 1.165) is 5.56 Å². The van der Waals surface area contributed by atoms with Gasteiger partial charge in [-0.05, 0) is 19.4 Å². The van der Waals surface area contributed by atoms with Gasteiger partial charge in [0.2, 0.25) is 11.8 Å². The third kappa shape index (κ3) is 3.59. The summed E-state index contributed by atoms with van der Waals surface area (Å²) in [6.07, 6.45) is 0.190. The van der Waals surface area contributed by atoms with E-state index in [1.54, 1.807) is 13.8 Å². The maximum Gasteiger partial charge on any atom is 1.00 e. The van der Waals surface area contributed by atoms with Crippen LogP contribution in [0.25, 0.3) is 0 Å². The number of hydrogen-bond acceptors (Lipinski definition) is 5. The molecule has 2 aliphatic heterocycles. The number of aliphatic carboxylic acids is 1. The van der Waals surface area contributed by atoms with Crippen molar-refractivity contribution in [1.82, 2.24) is 10.2 Å². The molecule has 0 saturated carbocycles. The number of rotatable bonds is 4. The molecule has 1 N–H and O–H groups in total. The van der Waals surface area contributed by atoms with E-state index in [1.807, 2.05) is 30.3 Å². The van der Waals surface area contributed by atoms with Crippen LogP contribution >= 0.6 is 11.8 Å². The minimum absolute atomic E-state index is 0. The zero-order valence-corrected chi connectivity index (χ0v) is 17.8. The first kappa shape index (κ1) is 19.9. The summed E-state index contributed by atoms with van der Waals surface area (Å²) in [6.45, 7) is 3.54. The Morgan fingerprint density at radius 2 is 1.92 bits per heavy atom. The molecule has 2 saturated heterocycles. The van der Waals surface area contributed by atoms with Gasteiger partial charge < -0.3 is 20.1 Å². The molecular formula is C16H17KN2O4S. The van der Waals surface area contributed by atoms with Crippen LogP contribution in [0.1, 0.15) is 19.4 Å². The summed E-state index contributed by atoms with van der Waals surface area (Å²) < 4.78 is -0.641. The van der Waals surface area contributed by atoms with Crippen LogP contribution in [0.2, 0.25) is 0 Å². The molecule has 8 heteroatoms. The van der Waals surface area contributed by atoms with Crippen molar-refractivity contribution in [3.05, 3.63) is 35.9 Å². The van der Waals surface area contributed by atoms with E-state index in [1.165, 1.54) is 16.7 Å². The summed E-state index contributed by atoms with van der Waals surface area (Å²) >= 11 is 1.38. The van der Waals surface area contributed by atoms with Gasteiger partial charge in [0.25, 0.3) is 0 Å². The molecule has 1 aromatic carbocycles. The van der Waals surface area contributed by atoms with Crippen LogP contribution < -0.4 is 61.8 Å². The van der Waals surface area contributed by atoms with Gasteiger partial charge in [-0.1, -0.05) is 30.3 Å². The van der Waals surface area contributed by atoms with Gasteiger partial charge in [-0.25, -0.2) is 0 Å². The van der Waals surface area contributed by atoms with Gasteiger partial charge >= 0.3 is 51.4 Å². The molecule has 2 unspecified atom stereocenters. The molecule has 24 heavy (non-hydrogen) atoms. The van der Waals surface area contributed by atoms with E-state index < -0.39 is 22.8 Å². The van der Waals surface area contributed by atoms with Crippen LogP contribution in [0.3, 0.4) is 0 Å². The van der Waals surface area contributed by atoms with E-state index >= 15 is 0 Å². The van der Waals surface area contributed by atoms with Crippen molar-refractivity contribution in [2.24, 2.45) is 0 Å². The number of hydrogen-bond donors (Lipinski definition) is 1. The van der Waals surface area contributed by atoms with Gasteiger partial charge in [0.05, 0.1) is 18.4 Å². The monoisotopic (exact) mass is 372 g/mol. The number of β-lactam (4-membered cyclic amide) rings is 1. The standard InChI is InChI=1S/C16H18N2O4S.K/c1-16(2)12(15(21)22)18-13(20)11(14(18)23-16)17-10(19)8-9-6-4-3-5-7-9;/h3-7,11-12,14H,8H2,1-2H3,(H,17,19)(H,21,22);/q;+1/p-1/t11?,12?,14-;/m0./s1. The summed E-state index contributed by atoms with van der Waals surface area (Å²) in [5.74, 6) is -1.86. The molecule has 1 aromatic rings. The van der Waals surface area contributed by atoms with Crippen LogP contribution in [0, 0.1) is 0 Å². The number of carboxylic acid groups (broad SMARTS) is 1. The van der Waals surface area contributed by atoms with Crippen LogP contribution in [0.15, 0.2) is 30.3 Å². The Morgan fingerprint density at radius 1 is 1.29 bits per heavy atom. The molecule has 2 aliphatic rings. The first-order valence-corrected chi connectivity index (χ1v) is 8.23. The predicted molar refractivity (Wildman–Crippen MR) is 83.2 cm³/mol. The molecule has 2 fully saturated rings. The van der Waals surface area contributed by atoms with E-state index in [-0.39, 0.29) is 75.0 Å². The van der Waals surface area contributed by atoms with Gasteiger partial charge in [-0.2, -0.15) is 0 Å². The number of thioether (sulfide) groups is 1. The van der Waals surface area contributed by atoms with Crippen molar-refractivity contribution in [2.75, 3.05) is 0 Å². The van der Waals surface area contributed by atoms with Gasteiger partial charge in [0.15, 0.2) is 0 Å². The Bertz CT molecular complexity index is 667. The maximum absolute atomic E-state index is 12.2. The Kier molecular flexibility index (Phi) is 6.20. The second-order valence-electron chi connectivity index (χ2n) is 6.29. The SMILES string of the molecule is CC1(C)S[C@H]2C(NC(=O)Cc3ccccc3)C(=O)N2C1C(=O)[O-].[K+]. The molecule has 2 heterocycles. The van der Waals surface area contributed by atoms with E-state index in [0.29, 0.717) is 0 Å². The van der Waals surface area contributed by atoms with Crippen molar-refractivity contribution in [2.45, 2.75) is 42.5 Å². The number of benzene rings is 1. The second kappa shape index (κ2) is 7.47. The Balaban J connectivity index is 0.00000208. The predicted octanol–water partition coefficient (Wildman–Crippen LogP) is -3.47. The molecule has 0 bridgehead atoms. The molecule has 6 nitrogen and oxygen atoms in total. The quantitative estimate of drug-likeness (QED) is 0.438. The van der Waals surface area contributed by atoms with Gasteiger partial charge in [-0.3, -0.25) is 9.59 Å². The number of fused-ring (bicyclic) bond motifs is 1. The summed E-state index contributed by atoms with van der Waals surface area (Å²) in [4.78, 5) is 37.0. The third-order valence-corrected chi connectivity index (χ3v) is 5.76. The molecule has 3 atom stereocenters. The minimum Gasteiger partial charge on any atom is -0.548 e. The van der Waals surface area contributed by atoms with Crippen molar-refractivity contribution in [3.63, 3.8) is 0 Å². The zero-order valence-electron chi connectivity index (χ0n) is 13.8. The van der Waals surface area contributed by atoms with Crippen LogP contribution in [0.5, 0.6) is 0 Å². The fourth-order valence-electron chi connectivity index (χ4n) is 3.13. The first-order chi connectivity index (χ1) is 10.8.